The molecule has 1 aliphatic heterocycles. The van der Waals surface area contributed by atoms with Crippen molar-refractivity contribution in [1.29, 1.82) is 0 Å². The van der Waals surface area contributed by atoms with Crippen LogP contribution in [-0.2, 0) is 22.4 Å². The number of unbranched alkanes of at least 4 members (excludes halogenated alkanes) is 2. The molecule has 39 heavy (non-hydrogen) atoms. The van der Waals surface area contributed by atoms with Crippen molar-refractivity contribution >= 4 is 113 Å². The Labute approximate surface area is 278 Å². The van der Waals surface area contributed by atoms with Gasteiger partial charge in [-0.25, -0.2) is 4.79 Å². The average molecular weight is 924 g/mol. The summed E-state index contributed by atoms with van der Waals surface area (Å²) in [4.78, 5) is 45.0. The zero-order valence-corrected chi connectivity index (χ0v) is 30.4. The fourth-order valence-electron chi connectivity index (χ4n) is 4.60. The Morgan fingerprint density at radius 2 is 0.923 bits per heavy atom. The van der Waals surface area contributed by atoms with E-state index in [9.17, 15) is 14.4 Å². The number of carbonyl (C=O) groups is 3. The van der Waals surface area contributed by atoms with Gasteiger partial charge in [-0.1, -0.05) is 95.6 Å². The summed E-state index contributed by atoms with van der Waals surface area (Å²) >= 11 is 21.5. The van der Waals surface area contributed by atoms with E-state index < -0.39 is 23.3 Å². The van der Waals surface area contributed by atoms with Gasteiger partial charge in [0, 0.05) is 39.9 Å². The molecule has 0 unspecified atom stereocenters. The summed E-state index contributed by atoms with van der Waals surface area (Å²) in [5, 5.41) is 0. The van der Waals surface area contributed by atoms with E-state index in [-0.39, 0.29) is 25.9 Å². The Hall–Kier alpha value is -0.150. The van der Waals surface area contributed by atoms with E-state index in [0.717, 1.165) is 38.0 Å². The first-order valence-electron chi connectivity index (χ1n) is 12.3. The number of hydrogen-bond donors (Lipinski definition) is 2. The molecule has 1 saturated heterocycles. The second kappa shape index (κ2) is 14.8. The van der Waals surface area contributed by atoms with Crippen LogP contribution in [0.15, 0.2) is 51.1 Å². The van der Waals surface area contributed by atoms with Crippen molar-refractivity contribution in [2.24, 2.45) is 16.9 Å². The van der Waals surface area contributed by atoms with Crippen LogP contribution in [0.3, 0.4) is 0 Å². The van der Waals surface area contributed by atoms with Crippen LogP contribution in [0.4, 0.5) is 4.79 Å². The number of barbiturate groups is 1. The highest BCUT2D eigenvalue weighted by molar-refractivity contribution is 9.12. The maximum absolute atomic E-state index is 14.5. The molecule has 13 heteroatoms. The van der Waals surface area contributed by atoms with Crippen molar-refractivity contribution in [3.63, 3.8) is 0 Å². The van der Waals surface area contributed by atoms with E-state index in [1.165, 1.54) is 9.80 Å². The third-order valence-electron chi connectivity index (χ3n) is 6.61. The molecule has 4 N–H and O–H groups in total. The van der Waals surface area contributed by atoms with Crippen LogP contribution >= 0.6 is 95.6 Å². The van der Waals surface area contributed by atoms with Gasteiger partial charge in [-0.15, -0.1) is 0 Å². The van der Waals surface area contributed by atoms with Crippen LogP contribution < -0.4 is 11.5 Å². The van der Waals surface area contributed by atoms with Crippen LogP contribution in [0.2, 0.25) is 0 Å². The highest BCUT2D eigenvalue weighted by Crippen LogP contribution is 2.44. The average Bonchev–Trinajstić information content (AvgIpc) is 2.86. The molecular formula is C26H28Br6N4O3. The fourth-order valence-corrected chi connectivity index (χ4v) is 9.68. The molecule has 0 atom stereocenters. The molecule has 0 radical (unpaired) electrons. The third-order valence-corrected chi connectivity index (χ3v) is 10.4. The number of urea groups is 1. The zero-order chi connectivity index (χ0) is 28.9. The molecule has 2 aromatic rings. The standard InChI is InChI=1S/C26H28Br6N4O3/c27-15-9-19(29)17(20(30)10-15)13-26(14-18-21(31)11-16(28)12-22(18)32)23(37)35(7-3-1-5-33)25(39)36(24(26)38)8-4-2-6-34/h9-12H,1-8,13-14,33-34H2. The molecular weight excluding hydrogens is 896 g/mol. The third kappa shape index (κ3) is 7.63. The largest absolute Gasteiger partial charge is 0.333 e. The van der Waals surface area contributed by atoms with Gasteiger partial charge in [0.25, 0.3) is 0 Å². The first-order chi connectivity index (χ1) is 18.5. The van der Waals surface area contributed by atoms with E-state index in [4.69, 9.17) is 11.5 Å². The van der Waals surface area contributed by atoms with Crippen molar-refractivity contribution in [3.8, 4) is 0 Å². The van der Waals surface area contributed by atoms with Crippen molar-refractivity contribution < 1.29 is 14.4 Å². The van der Waals surface area contributed by atoms with E-state index in [1.807, 2.05) is 24.3 Å². The lowest BCUT2D eigenvalue weighted by Gasteiger charge is -2.45. The topological polar surface area (TPSA) is 110 Å². The minimum Gasteiger partial charge on any atom is -0.330 e. The molecule has 0 saturated carbocycles. The van der Waals surface area contributed by atoms with E-state index in [0.29, 0.717) is 38.8 Å². The Bertz CT molecular complexity index is 1120. The van der Waals surface area contributed by atoms with Gasteiger partial charge in [0.1, 0.15) is 5.41 Å². The second-order valence-corrected chi connectivity index (χ2v) is 14.6. The number of nitrogens with two attached hydrogens (primary N) is 2. The molecule has 7 nitrogen and oxygen atoms in total. The van der Waals surface area contributed by atoms with E-state index in [2.05, 4.69) is 95.6 Å². The van der Waals surface area contributed by atoms with E-state index >= 15 is 0 Å². The van der Waals surface area contributed by atoms with Crippen LogP contribution in [-0.4, -0.2) is 53.8 Å². The SMILES string of the molecule is NCCCCN1C(=O)N(CCCCN)C(=O)C(Cc2c(Br)cc(Br)cc2Br)(Cc2c(Br)cc(Br)cc2Br)C1=O. The highest BCUT2D eigenvalue weighted by Gasteiger charge is 2.57. The molecule has 0 spiro atoms. The molecule has 1 aliphatic rings. The number of carbonyl (C=O) groups excluding carboxylic acids is 3. The van der Waals surface area contributed by atoms with Gasteiger partial charge < -0.3 is 11.5 Å². The number of imide groups is 2. The molecule has 0 aromatic heterocycles. The summed E-state index contributed by atoms with van der Waals surface area (Å²) in [6, 6.07) is 6.92. The molecule has 0 aliphatic carbocycles. The molecule has 4 amide bonds. The second-order valence-electron chi connectivity index (χ2n) is 9.32. The van der Waals surface area contributed by atoms with Gasteiger partial charge >= 0.3 is 6.03 Å². The number of rotatable bonds is 12. The van der Waals surface area contributed by atoms with Gasteiger partial charge in [-0.2, -0.15) is 0 Å². The number of hydrogen-bond acceptors (Lipinski definition) is 5. The Morgan fingerprint density at radius 3 is 1.23 bits per heavy atom. The Kier molecular flexibility index (Phi) is 12.7. The van der Waals surface area contributed by atoms with Crippen molar-refractivity contribution in [2.45, 2.75) is 38.5 Å². The van der Waals surface area contributed by atoms with Crippen LogP contribution in [0, 0.1) is 5.41 Å². The lowest BCUT2D eigenvalue weighted by molar-refractivity contribution is -0.159. The summed E-state index contributed by atoms with van der Waals surface area (Å²) < 4.78 is 4.61. The molecule has 3 rings (SSSR count). The maximum atomic E-state index is 14.5. The predicted octanol–water partition coefficient (Wildman–Crippen LogP) is 7.30. The number of nitrogens with zero attached hydrogens (tertiary/aromatic N) is 2. The zero-order valence-electron chi connectivity index (χ0n) is 20.9. The Morgan fingerprint density at radius 1 is 0.590 bits per heavy atom. The van der Waals surface area contributed by atoms with Gasteiger partial charge in [-0.05, 0) is 87.0 Å². The van der Waals surface area contributed by atoms with Crippen LogP contribution in [0.25, 0.3) is 0 Å². The maximum Gasteiger partial charge on any atom is 0.333 e. The van der Waals surface area contributed by atoms with Crippen LogP contribution in [0.1, 0.15) is 36.8 Å². The number of halogens is 6. The van der Waals surface area contributed by atoms with Crippen molar-refractivity contribution in [3.05, 3.63) is 62.2 Å². The summed E-state index contributed by atoms with van der Waals surface area (Å²) in [6.07, 6.45) is 2.54. The van der Waals surface area contributed by atoms with E-state index in [1.54, 1.807) is 0 Å². The first kappa shape index (κ1) is 33.4. The normalized spacial score (nSPS) is 15.4. The molecule has 2 aromatic carbocycles. The molecule has 0 bridgehead atoms. The molecule has 212 valence electrons. The van der Waals surface area contributed by atoms with Gasteiger partial charge in [0.2, 0.25) is 11.8 Å². The highest BCUT2D eigenvalue weighted by atomic mass is 79.9. The fraction of sp³-hybridized carbons (Fsp3) is 0.423. The van der Waals surface area contributed by atoms with Gasteiger partial charge in [-0.3, -0.25) is 19.4 Å². The quantitative estimate of drug-likeness (QED) is 0.172. The smallest absolute Gasteiger partial charge is 0.330 e. The van der Waals surface area contributed by atoms with Crippen molar-refractivity contribution in [2.75, 3.05) is 26.2 Å². The summed E-state index contributed by atoms with van der Waals surface area (Å²) in [5.41, 5.74) is 11.3. The lowest BCUT2D eigenvalue weighted by atomic mass is 9.72. The minimum atomic E-state index is -1.59. The molecule has 1 fully saturated rings. The van der Waals surface area contributed by atoms with Gasteiger partial charge in [0.15, 0.2) is 0 Å². The lowest BCUT2D eigenvalue weighted by Crippen LogP contribution is -2.66. The molecule has 1 heterocycles. The number of amides is 4. The monoisotopic (exact) mass is 918 g/mol. The number of benzene rings is 2. The summed E-state index contributed by atoms with van der Waals surface area (Å²) in [6.45, 7) is 1.25. The van der Waals surface area contributed by atoms with Crippen molar-refractivity contribution in [1.82, 2.24) is 9.80 Å². The minimum absolute atomic E-state index is 0.0715. The Balaban J connectivity index is 2.23. The van der Waals surface area contributed by atoms with Crippen LogP contribution in [0.5, 0.6) is 0 Å². The first-order valence-corrected chi connectivity index (χ1v) is 17.1. The summed E-state index contributed by atoms with van der Waals surface area (Å²) in [7, 11) is 0. The summed E-state index contributed by atoms with van der Waals surface area (Å²) in [5.74, 6) is -1.01. The predicted molar refractivity (Wildman–Crippen MR) is 174 cm³/mol. The van der Waals surface area contributed by atoms with Gasteiger partial charge in [0.05, 0.1) is 0 Å².